The largest absolute Gasteiger partial charge is 0.465 e. The van der Waals surface area contributed by atoms with Crippen LogP contribution in [0.3, 0.4) is 0 Å². The summed E-state index contributed by atoms with van der Waals surface area (Å²) in [4.78, 5) is 35.2. The van der Waals surface area contributed by atoms with Crippen molar-refractivity contribution in [2.75, 3.05) is 13.7 Å². The number of carbonyl (C=O) groups excluding carboxylic acids is 3. The van der Waals surface area contributed by atoms with Gasteiger partial charge in [-0.15, -0.1) is 0 Å². The fourth-order valence-corrected chi connectivity index (χ4v) is 2.18. The number of benzene rings is 2. The van der Waals surface area contributed by atoms with Crippen LogP contribution >= 0.6 is 0 Å². The lowest BCUT2D eigenvalue weighted by Gasteiger charge is -2.14. The van der Waals surface area contributed by atoms with Gasteiger partial charge in [0, 0.05) is 0 Å². The van der Waals surface area contributed by atoms with Gasteiger partial charge in [-0.2, -0.15) is 0 Å². The summed E-state index contributed by atoms with van der Waals surface area (Å²) in [6.07, 6.45) is 0. The smallest absolute Gasteiger partial charge is 0.338 e. The van der Waals surface area contributed by atoms with E-state index in [4.69, 9.17) is 4.74 Å². The zero-order valence-electron chi connectivity index (χ0n) is 14.0. The average molecular weight is 341 g/mol. The van der Waals surface area contributed by atoms with Gasteiger partial charge in [-0.25, -0.2) is 9.59 Å². The number of nitrogens with one attached hydrogen (secondary N) is 1. The summed E-state index contributed by atoms with van der Waals surface area (Å²) in [7, 11) is 1.28. The van der Waals surface area contributed by atoms with Crippen LogP contribution in [0, 0.1) is 0 Å². The van der Waals surface area contributed by atoms with Gasteiger partial charge in [-0.05, 0) is 36.8 Å². The van der Waals surface area contributed by atoms with Crippen molar-refractivity contribution in [2.45, 2.75) is 13.0 Å². The Morgan fingerprint density at radius 3 is 2.04 bits per heavy atom. The van der Waals surface area contributed by atoms with Crippen molar-refractivity contribution in [1.29, 1.82) is 0 Å². The highest BCUT2D eigenvalue weighted by molar-refractivity contribution is 5.94. The molecule has 2 rings (SSSR count). The molecule has 0 heterocycles. The Morgan fingerprint density at radius 2 is 1.48 bits per heavy atom. The van der Waals surface area contributed by atoms with Gasteiger partial charge >= 0.3 is 11.9 Å². The third kappa shape index (κ3) is 5.17. The number of carbonyl (C=O) groups is 3. The molecule has 2 aromatic rings. The first-order valence-electron chi connectivity index (χ1n) is 7.71. The standard InChI is InChI=1S/C19H19NO5/c1-13(14-6-4-3-5-7-14)20-17(21)12-25-19(23)16-10-8-15(9-11-16)18(22)24-2/h3-11,13H,12H2,1-2H3,(H,20,21). The molecule has 0 aliphatic carbocycles. The van der Waals surface area contributed by atoms with Crippen molar-refractivity contribution < 1.29 is 23.9 Å². The molecule has 0 aliphatic heterocycles. The van der Waals surface area contributed by atoms with Crippen LogP contribution in [0.15, 0.2) is 54.6 Å². The fourth-order valence-electron chi connectivity index (χ4n) is 2.18. The third-order valence-corrected chi connectivity index (χ3v) is 3.55. The Labute approximate surface area is 145 Å². The van der Waals surface area contributed by atoms with E-state index >= 15 is 0 Å². The molecule has 25 heavy (non-hydrogen) atoms. The third-order valence-electron chi connectivity index (χ3n) is 3.55. The Balaban J connectivity index is 1.85. The van der Waals surface area contributed by atoms with Crippen LogP contribution in [-0.2, 0) is 14.3 Å². The summed E-state index contributed by atoms with van der Waals surface area (Å²) >= 11 is 0. The summed E-state index contributed by atoms with van der Waals surface area (Å²) in [5.74, 6) is -1.52. The maximum Gasteiger partial charge on any atom is 0.338 e. The quantitative estimate of drug-likeness (QED) is 0.817. The number of hydrogen-bond donors (Lipinski definition) is 1. The van der Waals surface area contributed by atoms with Crippen LogP contribution in [0.25, 0.3) is 0 Å². The first-order chi connectivity index (χ1) is 12.0. The van der Waals surface area contributed by atoms with E-state index in [9.17, 15) is 14.4 Å². The van der Waals surface area contributed by atoms with Crippen LogP contribution in [0.1, 0.15) is 39.2 Å². The number of amides is 1. The molecule has 1 unspecified atom stereocenters. The molecule has 0 fully saturated rings. The predicted molar refractivity (Wildman–Crippen MR) is 91.1 cm³/mol. The lowest BCUT2D eigenvalue weighted by molar-refractivity contribution is -0.124. The van der Waals surface area contributed by atoms with Crippen molar-refractivity contribution >= 4 is 17.8 Å². The molecule has 0 aromatic heterocycles. The summed E-state index contributed by atoms with van der Waals surface area (Å²) in [6.45, 7) is 1.47. The first-order valence-corrected chi connectivity index (χ1v) is 7.71. The highest BCUT2D eigenvalue weighted by Gasteiger charge is 2.14. The Bertz CT molecular complexity index is 740. The highest BCUT2D eigenvalue weighted by Crippen LogP contribution is 2.11. The second-order valence-electron chi connectivity index (χ2n) is 5.34. The molecular weight excluding hydrogens is 322 g/mol. The van der Waals surface area contributed by atoms with Gasteiger partial charge in [0.2, 0.25) is 0 Å². The van der Waals surface area contributed by atoms with Crippen molar-refractivity contribution in [3.63, 3.8) is 0 Å². The molecule has 1 N–H and O–H groups in total. The maximum absolute atomic E-state index is 11.9. The predicted octanol–water partition coefficient (Wildman–Crippen LogP) is 2.51. The maximum atomic E-state index is 11.9. The van der Waals surface area contributed by atoms with Gasteiger partial charge in [0.15, 0.2) is 6.61 Å². The Morgan fingerprint density at radius 1 is 0.920 bits per heavy atom. The Kier molecular flexibility index (Phi) is 6.28. The van der Waals surface area contributed by atoms with Crippen LogP contribution in [0.4, 0.5) is 0 Å². The number of hydrogen-bond acceptors (Lipinski definition) is 5. The molecule has 1 amide bonds. The zero-order chi connectivity index (χ0) is 18.2. The topological polar surface area (TPSA) is 81.7 Å². The monoisotopic (exact) mass is 341 g/mol. The van der Waals surface area contributed by atoms with E-state index in [1.807, 2.05) is 37.3 Å². The number of rotatable bonds is 6. The molecule has 0 aliphatic rings. The van der Waals surface area contributed by atoms with Gasteiger partial charge in [0.05, 0.1) is 24.3 Å². The second-order valence-corrected chi connectivity index (χ2v) is 5.34. The van der Waals surface area contributed by atoms with Gasteiger partial charge in [0.1, 0.15) is 0 Å². The van der Waals surface area contributed by atoms with Crippen LogP contribution in [-0.4, -0.2) is 31.6 Å². The van der Waals surface area contributed by atoms with Gasteiger partial charge in [-0.1, -0.05) is 30.3 Å². The minimum atomic E-state index is -0.640. The fraction of sp³-hybridized carbons (Fsp3) is 0.211. The number of esters is 2. The van der Waals surface area contributed by atoms with Crippen molar-refractivity contribution in [3.8, 4) is 0 Å². The lowest BCUT2D eigenvalue weighted by atomic mass is 10.1. The zero-order valence-corrected chi connectivity index (χ0v) is 14.0. The number of methoxy groups -OCH3 is 1. The summed E-state index contributed by atoms with van der Waals surface area (Å²) < 4.78 is 9.57. The van der Waals surface area contributed by atoms with Gasteiger partial charge in [-0.3, -0.25) is 4.79 Å². The Hall–Kier alpha value is -3.15. The van der Waals surface area contributed by atoms with Gasteiger partial charge < -0.3 is 14.8 Å². The highest BCUT2D eigenvalue weighted by atomic mass is 16.5. The molecule has 0 bridgehead atoms. The van der Waals surface area contributed by atoms with E-state index in [1.54, 1.807) is 0 Å². The van der Waals surface area contributed by atoms with E-state index in [0.717, 1.165) is 5.56 Å². The molecule has 0 saturated heterocycles. The molecule has 6 heteroatoms. The summed E-state index contributed by atoms with van der Waals surface area (Å²) in [6, 6.07) is 15.1. The van der Waals surface area contributed by atoms with Crippen molar-refractivity contribution in [1.82, 2.24) is 5.32 Å². The summed E-state index contributed by atoms with van der Waals surface area (Å²) in [5.41, 5.74) is 1.53. The molecule has 0 radical (unpaired) electrons. The molecule has 1 atom stereocenters. The minimum absolute atomic E-state index is 0.188. The molecule has 6 nitrogen and oxygen atoms in total. The molecule has 2 aromatic carbocycles. The van der Waals surface area contributed by atoms with E-state index < -0.39 is 17.8 Å². The van der Waals surface area contributed by atoms with Crippen molar-refractivity contribution in [3.05, 3.63) is 71.3 Å². The van der Waals surface area contributed by atoms with E-state index in [2.05, 4.69) is 10.1 Å². The normalized spacial score (nSPS) is 11.3. The SMILES string of the molecule is COC(=O)c1ccc(C(=O)OCC(=O)NC(C)c2ccccc2)cc1. The van der Waals surface area contributed by atoms with E-state index in [0.29, 0.717) is 5.56 Å². The first kappa shape index (κ1) is 18.2. The van der Waals surface area contributed by atoms with Crippen molar-refractivity contribution in [2.24, 2.45) is 0 Å². The average Bonchev–Trinajstić information content (AvgIpc) is 2.66. The van der Waals surface area contributed by atoms with Crippen LogP contribution in [0.5, 0.6) is 0 Å². The van der Waals surface area contributed by atoms with Crippen LogP contribution < -0.4 is 5.32 Å². The second kappa shape index (κ2) is 8.63. The molecule has 0 spiro atoms. The van der Waals surface area contributed by atoms with Crippen LogP contribution in [0.2, 0.25) is 0 Å². The molecule has 0 saturated carbocycles. The number of ether oxygens (including phenoxy) is 2. The molecule has 130 valence electrons. The minimum Gasteiger partial charge on any atom is -0.465 e. The molecular formula is C19H19NO5. The van der Waals surface area contributed by atoms with E-state index in [1.165, 1.54) is 31.4 Å². The van der Waals surface area contributed by atoms with Gasteiger partial charge in [0.25, 0.3) is 5.91 Å². The lowest BCUT2D eigenvalue weighted by Crippen LogP contribution is -2.31. The summed E-state index contributed by atoms with van der Waals surface area (Å²) in [5, 5.41) is 2.76. The van der Waals surface area contributed by atoms with E-state index in [-0.39, 0.29) is 18.2 Å².